The lowest BCUT2D eigenvalue weighted by molar-refractivity contribution is 0.157. The third-order valence-electron chi connectivity index (χ3n) is 2.89. The number of rotatable bonds is 9. The van der Waals surface area contributed by atoms with E-state index in [2.05, 4.69) is 33.0 Å². The third kappa shape index (κ3) is 9.17. The average molecular weight is 229 g/mol. The van der Waals surface area contributed by atoms with Crippen LogP contribution in [0.5, 0.6) is 0 Å². The monoisotopic (exact) mass is 229 g/mol. The molecule has 0 bridgehead atoms. The second kappa shape index (κ2) is 9.00. The molecule has 0 aliphatic rings. The zero-order valence-corrected chi connectivity index (χ0v) is 11.8. The molecule has 0 saturated heterocycles. The summed E-state index contributed by atoms with van der Waals surface area (Å²) in [4.78, 5) is 0. The van der Waals surface area contributed by atoms with E-state index in [-0.39, 0.29) is 6.10 Å². The Kier molecular flexibility index (Phi) is 8.96. The number of hydrogen-bond acceptors (Lipinski definition) is 2. The van der Waals surface area contributed by atoms with Crippen molar-refractivity contribution in [3.63, 3.8) is 0 Å². The summed E-state index contributed by atoms with van der Waals surface area (Å²) in [6, 6.07) is 0.615. The van der Waals surface area contributed by atoms with Crippen LogP contribution < -0.4 is 5.32 Å². The Morgan fingerprint density at radius 2 is 1.50 bits per heavy atom. The van der Waals surface area contributed by atoms with E-state index in [0.717, 1.165) is 31.2 Å². The molecule has 2 heteroatoms. The predicted molar refractivity (Wildman–Crippen MR) is 71.6 cm³/mol. The number of aliphatic hydroxyl groups excluding tert-OH is 1. The number of aliphatic hydroxyl groups is 1. The normalized spacial score (nSPS) is 14.1. The zero-order chi connectivity index (χ0) is 12.6. The fourth-order valence-electron chi connectivity index (χ4n) is 2.06. The van der Waals surface area contributed by atoms with E-state index >= 15 is 0 Å². The number of nitrogens with one attached hydrogen (secondary N) is 1. The Labute approximate surface area is 102 Å². The van der Waals surface area contributed by atoms with E-state index in [1.807, 2.05) is 6.92 Å². The van der Waals surface area contributed by atoms with Gasteiger partial charge in [0.05, 0.1) is 6.10 Å². The van der Waals surface area contributed by atoms with Crippen LogP contribution in [0.25, 0.3) is 0 Å². The largest absolute Gasteiger partial charge is 0.393 e. The van der Waals surface area contributed by atoms with Crippen LogP contribution in [0.2, 0.25) is 0 Å². The van der Waals surface area contributed by atoms with Crippen molar-refractivity contribution in [2.45, 2.75) is 72.4 Å². The van der Waals surface area contributed by atoms with Gasteiger partial charge in [-0.15, -0.1) is 0 Å². The van der Waals surface area contributed by atoms with Crippen molar-refractivity contribution in [2.24, 2.45) is 11.8 Å². The maximum Gasteiger partial charge on any atom is 0.0549 e. The molecule has 0 rings (SSSR count). The van der Waals surface area contributed by atoms with Gasteiger partial charge >= 0.3 is 0 Å². The molecule has 0 aliphatic carbocycles. The van der Waals surface area contributed by atoms with E-state index in [0.29, 0.717) is 6.04 Å². The highest BCUT2D eigenvalue weighted by atomic mass is 16.3. The van der Waals surface area contributed by atoms with Gasteiger partial charge in [0.2, 0.25) is 0 Å². The molecule has 0 aromatic heterocycles. The first-order valence-electron chi connectivity index (χ1n) is 6.87. The Balaban J connectivity index is 3.82. The zero-order valence-electron chi connectivity index (χ0n) is 11.8. The summed E-state index contributed by atoms with van der Waals surface area (Å²) < 4.78 is 0. The minimum absolute atomic E-state index is 0.133. The third-order valence-corrected chi connectivity index (χ3v) is 2.89. The van der Waals surface area contributed by atoms with Crippen LogP contribution in [0.4, 0.5) is 0 Å². The van der Waals surface area contributed by atoms with Gasteiger partial charge in [-0.05, 0) is 44.1 Å². The minimum Gasteiger partial charge on any atom is -0.393 e. The van der Waals surface area contributed by atoms with Crippen molar-refractivity contribution in [2.75, 3.05) is 6.54 Å². The van der Waals surface area contributed by atoms with Gasteiger partial charge in [0.15, 0.2) is 0 Å². The van der Waals surface area contributed by atoms with Crippen LogP contribution in [0.1, 0.15) is 60.3 Å². The second-order valence-corrected chi connectivity index (χ2v) is 5.76. The first-order chi connectivity index (χ1) is 7.45. The molecule has 0 saturated carbocycles. The lowest BCUT2D eigenvalue weighted by atomic mass is 9.95. The lowest BCUT2D eigenvalue weighted by Gasteiger charge is -2.23. The molecule has 0 aliphatic heterocycles. The van der Waals surface area contributed by atoms with Gasteiger partial charge in [0.25, 0.3) is 0 Å². The molecule has 2 nitrogen and oxygen atoms in total. The standard InChI is InChI=1S/C14H31NO/c1-6-14(16)7-8-15-13(9-11(2)3)10-12(4)5/h11-16H,6-10H2,1-5H3. The summed E-state index contributed by atoms with van der Waals surface area (Å²) in [5.74, 6) is 1.49. The van der Waals surface area contributed by atoms with E-state index < -0.39 is 0 Å². The van der Waals surface area contributed by atoms with Crippen LogP contribution in [0, 0.1) is 11.8 Å². The maximum atomic E-state index is 9.49. The van der Waals surface area contributed by atoms with Gasteiger partial charge in [0.1, 0.15) is 0 Å². The van der Waals surface area contributed by atoms with Crippen LogP contribution in [0.3, 0.4) is 0 Å². The Morgan fingerprint density at radius 1 is 1.00 bits per heavy atom. The van der Waals surface area contributed by atoms with E-state index in [4.69, 9.17) is 0 Å². The molecular weight excluding hydrogens is 198 g/mol. The molecule has 1 unspecified atom stereocenters. The fourth-order valence-corrected chi connectivity index (χ4v) is 2.06. The Morgan fingerprint density at radius 3 is 1.88 bits per heavy atom. The highest BCUT2D eigenvalue weighted by molar-refractivity contribution is 4.71. The smallest absolute Gasteiger partial charge is 0.0549 e. The quantitative estimate of drug-likeness (QED) is 0.636. The van der Waals surface area contributed by atoms with E-state index in [9.17, 15) is 5.11 Å². The van der Waals surface area contributed by atoms with Crippen molar-refractivity contribution in [3.05, 3.63) is 0 Å². The topological polar surface area (TPSA) is 32.3 Å². The number of hydrogen-bond donors (Lipinski definition) is 2. The van der Waals surface area contributed by atoms with Crippen molar-refractivity contribution in [1.82, 2.24) is 5.32 Å². The first kappa shape index (κ1) is 15.9. The molecule has 2 N–H and O–H groups in total. The molecule has 0 spiro atoms. The van der Waals surface area contributed by atoms with Crippen LogP contribution in [0.15, 0.2) is 0 Å². The maximum absolute atomic E-state index is 9.49. The summed E-state index contributed by atoms with van der Waals surface area (Å²) in [6.07, 6.45) is 4.08. The summed E-state index contributed by atoms with van der Waals surface area (Å²) in [6.45, 7) is 12.1. The van der Waals surface area contributed by atoms with E-state index in [1.54, 1.807) is 0 Å². The molecule has 1 atom stereocenters. The van der Waals surface area contributed by atoms with Gasteiger partial charge in [-0.2, -0.15) is 0 Å². The molecule has 0 heterocycles. The molecule has 98 valence electrons. The average Bonchev–Trinajstić information content (AvgIpc) is 2.15. The SMILES string of the molecule is CCC(O)CCNC(CC(C)C)CC(C)C. The van der Waals surface area contributed by atoms with Crippen LogP contribution in [-0.2, 0) is 0 Å². The summed E-state index contributed by atoms with van der Waals surface area (Å²) in [7, 11) is 0. The van der Waals surface area contributed by atoms with Crippen molar-refractivity contribution >= 4 is 0 Å². The fraction of sp³-hybridized carbons (Fsp3) is 1.00. The highest BCUT2D eigenvalue weighted by Crippen LogP contribution is 2.13. The Bertz CT molecular complexity index is 147. The molecule has 16 heavy (non-hydrogen) atoms. The highest BCUT2D eigenvalue weighted by Gasteiger charge is 2.12. The van der Waals surface area contributed by atoms with Crippen molar-refractivity contribution in [1.29, 1.82) is 0 Å². The second-order valence-electron chi connectivity index (χ2n) is 5.76. The van der Waals surface area contributed by atoms with Crippen LogP contribution >= 0.6 is 0 Å². The summed E-state index contributed by atoms with van der Waals surface area (Å²) in [5, 5.41) is 13.1. The minimum atomic E-state index is -0.133. The Hall–Kier alpha value is -0.0800. The molecule has 0 aromatic carbocycles. The van der Waals surface area contributed by atoms with Gasteiger partial charge in [-0.1, -0.05) is 34.6 Å². The van der Waals surface area contributed by atoms with E-state index in [1.165, 1.54) is 12.8 Å². The van der Waals surface area contributed by atoms with Crippen molar-refractivity contribution < 1.29 is 5.11 Å². The molecule has 0 fully saturated rings. The molecule has 0 amide bonds. The molecular formula is C14H31NO. The van der Waals surface area contributed by atoms with Gasteiger partial charge in [0, 0.05) is 6.04 Å². The molecule has 0 radical (unpaired) electrons. The predicted octanol–water partition coefficient (Wildman–Crippen LogP) is 3.20. The van der Waals surface area contributed by atoms with Gasteiger partial charge in [-0.3, -0.25) is 0 Å². The summed E-state index contributed by atoms with van der Waals surface area (Å²) in [5.41, 5.74) is 0. The van der Waals surface area contributed by atoms with Crippen LogP contribution in [-0.4, -0.2) is 23.8 Å². The van der Waals surface area contributed by atoms with Crippen molar-refractivity contribution in [3.8, 4) is 0 Å². The van der Waals surface area contributed by atoms with Gasteiger partial charge < -0.3 is 10.4 Å². The molecule has 0 aromatic rings. The summed E-state index contributed by atoms with van der Waals surface area (Å²) >= 11 is 0. The van der Waals surface area contributed by atoms with Gasteiger partial charge in [-0.25, -0.2) is 0 Å². The lowest BCUT2D eigenvalue weighted by Crippen LogP contribution is -2.33. The first-order valence-corrected chi connectivity index (χ1v) is 6.87.